The van der Waals surface area contributed by atoms with Crippen LogP contribution in [-0.4, -0.2) is 6.16 Å². The van der Waals surface area contributed by atoms with Crippen LogP contribution in [0.1, 0.15) is 101 Å². The SMILES string of the molecule is CC(C)c1ccccc1-c1ccc(OC(=O)Oc2ccc(-c3ccccc3C(C)C)cc2-c2ccccc2C(C)C)c(-c2ccccc2C(C)C)c1. The Hall–Kier alpha value is -5.41. The van der Waals surface area contributed by atoms with Crippen molar-refractivity contribution in [3.8, 4) is 56.0 Å². The van der Waals surface area contributed by atoms with Crippen molar-refractivity contribution in [1.82, 2.24) is 0 Å². The molecule has 0 atom stereocenters. The van der Waals surface area contributed by atoms with E-state index in [1.54, 1.807) is 0 Å². The Morgan fingerprint density at radius 1 is 0.365 bits per heavy atom. The lowest BCUT2D eigenvalue weighted by molar-refractivity contribution is 0.152. The van der Waals surface area contributed by atoms with Gasteiger partial charge in [-0.2, -0.15) is 0 Å². The van der Waals surface area contributed by atoms with Gasteiger partial charge >= 0.3 is 6.16 Å². The number of rotatable bonds is 10. The van der Waals surface area contributed by atoms with Crippen LogP contribution in [0.3, 0.4) is 0 Å². The van der Waals surface area contributed by atoms with Crippen molar-refractivity contribution in [3.63, 3.8) is 0 Å². The summed E-state index contributed by atoms with van der Waals surface area (Å²) >= 11 is 0. The molecule has 0 aliphatic carbocycles. The van der Waals surface area contributed by atoms with Crippen molar-refractivity contribution in [2.24, 2.45) is 0 Å². The summed E-state index contributed by atoms with van der Waals surface area (Å²) in [6.07, 6.45) is -0.780. The smallest absolute Gasteiger partial charge is 0.394 e. The van der Waals surface area contributed by atoms with Gasteiger partial charge in [0.05, 0.1) is 0 Å². The van der Waals surface area contributed by atoms with Crippen LogP contribution in [-0.2, 0) is 0 Å². The summed E-state index contributed by atoms with van der Waals surface area (Å²) in [7, 11) is 0. The molecular formula is C49H50O3. The van der Waals surface area contributed by atoms with Gasteiger partial charge in [0.1, 0.15) is 11.5 Å². The van der Waals surface area contributed by atoms with Crippen molar-refractivity contribution in [2.75, 3.05) is 0 Å². The monoisotopic (exact) mass is 686 g/mol. The molecule has 6 rings (SSSR count). The maximum absolute atomic E-state index is 13.9. The largest absolute Gasteiger partial charge is 0.519 e. The standard InChI is InChI=1S/C49H50O3/c1-31(2)37-17-9-13-21-41(37)35-25-27-47(45(29-35)43-23-15-11-19-39(43)33(5)6)51-49(50)52-48-28-26-36(42-22-14-10-18-38(42)32(3)4)30-46(48)44-24-16-12-20-40(44)34(7)8/h9-34H,1-8H3. The van der Waals surface area contributed by atoms with Crippen LogP contribution in [0.4, 0.5) is 4.79 Å². The normalized spacial score (nSPS) is 11.5. The molecule has 0 aliphatic heterocycles. The van der Waals surface area contributed by atoms with Gasteiger partial charge in [0.25, 0.3) is 0 Å². The van der Waals surface area contributed by atoms with Crippen LogP contribution in [0.5, 0.6) is 11.5 Å². The fraction of sp³-hybridized carbons (Fsp3) is 0.245. The first-order valence-corrected chi connectivity index (χ1v) is 18.6. The van der Waals surface area contributed by atoms with E-state index in [1.165, 1.54) is 33.4 Å². The van der Waals surface area contributed by atoms with Crippen molar-refractivity contribution < 1.29 is 14.3 Å². The van der Waals surface area contributed by atoms with Crippen molar-refractivity contribution in [1.29, 1.82) is 0 Å². The number of hydrogen-bond donors (Lipinski definition) is 0. The molecule has 3 heteroatoms. The van der Waals surface area contributed by atoms with E-state index in [-0.39, 0.29) is 11.8 Å². The summed E-state index contributed by atoms with van der Waals surface area (Å²) in [6.45, 7) is 17.6. The Balaban J connectivity index is 1.43. The first-order chi connectivity index (χ1) is 25.0. The Labute approximate surface area is 310 Å². The molecule has 264 valence electrons. The van der Waals surface area contributed by atoms with Crippen LogP contribution >= 0.6 is 0 Å². The molecular weight excluding hydrogens is 637 g/mol. The Bertz CT molecular complexity index is 2030. The third kappa shape index (κ3) is 7.75. The maximum atomic E-state index is 13.9. The van der Waals surface area contributed by atoms with E-state index in [0.29, 0.717) is 23.3 Å². The van der Waals surface area contributed by atoms with Crippen LogP contribution in [0.25, 0.3) is 44.5 Å². The number of benzene rings is 6. The molecule has 52 heavy (non-hydrogen) atoms. The summed E-state index contributed by atoms with van der Waals surface area (Å²) in [5.74, 6) is 2.16. The number of ether oxygens (including phenoxy) is 2. The molecule has 0 saturated carbocycles. The third-order valence-electron chi connectivity index (χ3n) is 9.88. The van der Waals surface area contributed by atoms with Crippen molar-refractivity contribution in [3.05, 3.63) is 156 Å². The Morgan fingerprint density at radius 3 is 0.981 bits per heavy atom. The molecule has 6 aromatic carbocycles. The zero-order valence-corrected chi connectivity index (χ0v) is 31.7. The predicted molar refractivity (Wildman–Crippen MR) is 218 cm³/mol. The van der Waals surface area contributed by atoms with Gasteiger partial charge in [0.15, 0.2) is 0 Å². The molecule has 0 heterocycles. The minimum absolute atomic E-state index is 0.269. The molecule has 0 aliphatic rings. The average molecular weight is 687 g/mol. The average Bonchev–Trinajstić information content (AvgIpc) is 3.15. The van der Waals surface area contributed by atoms with E-state index in [1.807, 2.05) is 36.4 Å². The van der Waals surface area contributed by atoms with Crippen LogP contribution in [0.15, 0.2) is 133 Å². The second-order valence-electron chi connectivity index (χ2n) is 14.8. The Morgan fingerprint density at radius 2 is 0.654 bits per heavy atom. The van der Waals surface area contributed by atoms with Gasteiger partial charge in [-0.1, -0.05) is 165 Å². The van der Waals surface area contributed by atoms with Crippen molar-refractivity contribution in [2.45, 2.75) is 79.1 Å². The lowest BCUT2D eigenvalue weighted by Crippen LogP contribution is -2.15. The highest BCUT2D eigenvalue weighted by Crippen LogP contribution is 2.42. The van der Waals surface area contributed by atoms with Gasteiger partial charge in [-0.05, 0) is 104 Å². The van der Waals surface area contributed by atoms with E-state index < -0.39 is 6.16 Å². The van der Waals surface area contributed by atoms with Gasteiger partial charge < -0.3 is 9.47 Å². The molecule has 0 aromatic heterocycles. The third-order valence-corrected chi connectivity index (χ3v) is 9.88. The quantitative estimate of drug-likeness (QED) is 0.106. The minimum atomic E-state index is -0.780. The van der Waals surface area contributed by atoms with Gasteiger partial charge in [-0.15, -0.1) is 0 Å². The summed E-state index contributed by atoms with van der Waals surface area (Å²) in [5.41, 5.74) is 13.1. The lowest BCUT2D eigenvalue weighted by Gasteiger charge is -2.20. The highest BCUT2D eigenvalue weighted by Gasteiger charge is 2.22. The Kier molecular flexibility index (Phi) is 11.1. The van der Waals surface area contributed by atoms with E-state index >= 15 is 0 Å². The van der Waals surface area contributed by atoms with E-state index in [9.17, 15) is 4.79 Å². The van der Waals surface area contributed by atoms with Crippen LogP contribution in [0, 0.1) is 0 Å². The molecule has 3 nitrogen and oxygen atoms in total. The minimum Gasteiger partial charge on any atom is -0.394 e. The molecule has 0 radical (unpaired) electrons. The molecule has 0 fully saturated rings. The number of hydrogen-bond acceptors (Lipinski definition) is 3. The lowest BCUT2D eigenvalue weighted by atomic mass is 9.88. The second kappa shape index (κ2) is 15.9. The number of carbonyl (C=O) groups excluding carboxylic acids is 1. The fourth-order valence-electron chi connectivity index (χ4n) is 7.21. The topological polar surface area (TPSA) is 35.5 Å². The molecule has 0 amide bonds. The molecule has 0 saturated heterocycles. The molecule has 0 N–H and O–H groups in total. The summed E-state index contributed by atoms with van der Waals surface area (Å²) in [6, 6.07) is 45.9. The second-order valence-corrected chi connectivity index (χ2v) is 14.8. The first kappa shape index (κ1) is 36.4. The molecule has 6 aromatic rings. The van der Waals surface area contributed by atoms with E-state index in [0.717, 1.165) is 33.4 Å². The highest BCUT2D eigenvalue weighted by molar-refractivity contribution is 5.85. The van der Waals surface area contributed by atoms with Crippen LogP contribution < -0.4 is 9.47 Å². The first-order valence-electron chi connectivity index (χ1n) is 18.6. The van der Waals surface area contributed by atoms with E-state index in [2.05, 4.69) is 152 Å². The number of carbonyl (C=O) groups is 1. The summed E-state index contributed by atoms with van der Waals surface area (Å²) in [4.78, 5) is 13.9. The molecule has 0 unspecified atom stereocenters. The fourth-order valence-corrected chi connectivity index (χ4v) is 7.21. The van der Waals surface area contributed by atoms with Gasteiger partial charge in [-0.3, -0.25) is 0 Å². The van der Waals surface area contributed by atoms with Crippen molar-refractivity contribution >= 4 is 6.16 Å². The summed E-state index contributed by atoms with van der Waals surface area (Å²) < 4.78 is 12.4. The van der Waals surface area contributed by atoms with E-state index in [4.69, 9.17) is 9.47 Å². The van der Waals surface area contributed by atoms with Gasteiger partial charge in [0.2, 0.25) is 0 Å². The zero-order chi connectivity index (χ0) is 36.9. The summed E-state index contributed by atoms with van der Waals surface area (Å²) in [5, 5.41) is 0. The molecule has 0 bridgehead atoms. The predicted octanol–water partition coefficient (Wildman–Crippen LogP) is 14.4. The molecule has 0 spiro atoms. The zero-order valence-electron chi connectivity index (χ0n) is 31.7. The maximum Gasteiger partial charge on any atom is 0.519 e. The van der Waals surface area contributed by atoms with Crippen LogP contribution in [0.2, 0.25) is 0 Å². The highest BCUT2D eigenvalue weighted by atomic mass is 16.7. The van der Waals surface area contributed by atoms with Gasteiger partial charge in [-0.25, -0.2) is 4.79 Å². The van der Waals surface area contributed by atoms with Gasteiger partial charge in [0, 0.05) is 11.1 Å².